The van der Waals surface area contributed by atoms with Crippen LogP contribution in [0.5, 0.6) is 0 Å². The highest BCUT2D eigenvalue weighted by Crippen LogP contribution is 2.61. The number of nitrogens with one attached hydrogen (secondary N) is 1. The molecule has 1 nitrogen and oxygen atoms in total. The summed E-state index contributed by atoms with van der Waals surface area (Å²) in [6, 6.07) is 7.17. The number of halogens is 2. The van der Waals surface area contributed by atoms with E-state index in [1.165, 1.54) is 44.2 Å². The first-order valence-corrected chi connectivity index (χ1v) is 8.98. The van der Waals surface area contributed by atoms with Crippen LogP contribution in [-0.2, 0) is 6.42 Å². The Kier molecular flexibility index (Phi) is 3.40. The van der Waals surface area contributed by atoms with Crippen molar-refractivity contribution in [2.75, 3.05) is 6.54 Å². The summed E-state index contributed by atoms with van der Waals surface area (Å²) in [5.74, 6) is 2.04. The molecule has 3 saturated carbocycles. The Balaban J connectivity index is 1.51. The predicted molar refractivity (Wildman–Crippen MR) is 87.1 cm³/mol. The second-order valence-corrected chi connectivity index (χ2v) is 8.55. The maximum Gasteiger partial charge on any atom is 0.0449 e. The van der Waals surface area contributed by atoms with Gasteiger partial charge in [-0.1, -0.05) is 33.6 Å². The van der Waals surface area contributed by atoms with E-state index in [2.05, 4.69) is 33.4 Å². The lowest BCUT2D eigenvalue weighted by Gasteiger charge is -2.32. The largest absolute Gasteiger partial charge is 0.313 e. The van der Waals surface area contributed by atoms with Crippen molar-refractivity contribution in [1.29, 1.82) is 0 Å². The third kappa shape index (κ3) is 2.80. The monoisotopic (exact) mass is 353 g/mol. The molecule has 3 heteroatoms. The first kappa shape index (κ1) is 13.6. The van der Waals surface area contributed by atoms with Gasteiger partial charge in [-0.25, -0.2) is 0 Å². The molecule has 0 radical (unpaired) electrons. The van der Waals surface area contributed by atoms with Crippen molar-refractivity contribution in [3.63, 3.8) is 0 Å². The van der Waals surface area contributed by atoms with Crippen molar-refractivity contribution in [2.45, 2.75) is 44.6 Å². The SMILES string of the molecule is Clc1cc(Br)ccc1CC1(CNC2CC2)CC2CC2C1. The van der Waals surface area contributed by atoms with Crippen LogP contribution in [0.4, 0.5) is 0 Å². The van der Waals surface area contributed by atoms with Gasteiger partial charge in [0, 0.05) is 22.1 Å². The standard InChI is InChI=1S/C17H21BrClN/c18-14-2-1-11(16(19)6-14)7-17(10-20-15-3-4-15)8-12-5-13(12)9-17/h1-2,6,12-13,15,20H,3-5,7-10H2. The summed E-state index contributed by atoms with van der Waals surface area (Å²) in [6.45, 7) is 1.19. The lowest BCUT2D eigenvalue weighted by molar-refractivity contribution is 0.247. The molecule has 1 N–H and O–H groups in total. The zero-order chi connectivity index (χ0) is 13.7. The second kappa shape index (κ2) is 5.00. The molecule has 3 aliphatic carbocycles. The predicted octanol–water partition coefficient (Wildman–Crippen LogP) is 4.81. The molecule has 0 bridgehead atoms. The maximum atomic E-state index is 6.44. The van der Waals surface area contributed by atoms with Crippen LogP contribution in [-0.4, -0.2) is 12.6 Å². The third-order valence-electron chi connectivity index (χ3n) is 5.38. The molecule has 0 saturated heterocycles. The lowest BCUT2D eigenvalue weighted by Crippen LogP contribution is -2.36. The number of hydrogen-bond acceptors (Lipinski definition) is 1. The van der Waals surface area contributed by atoms with E-state index in [4.69, 9.17) is 11.6 Å². The van der Waals surface area contributed by atoms with Gasteiger partial charge in [0.05, 0.1) is 0 Å². The van der Waals surface area contributed by atoms with E-state index in [0.29, 0.717) is 5.41 Å². The quantitative estimate of drug-likeness (QED) is 0.800. The van der Waals surface area contributed by atoms with Crippen LogP contribution in [0, 0.1) is 17.3 Å². The van der Waals surface area contributed by atoms with Crippen LogP contribution in [0.3, 0.4) is 0 Å². The van der Waals surface area contributed by atoms with Crippen molar-refractivity contribution >= 4 is 27.5 Å². The molecular weight excluding hydrogens is 334 g/mol. The zero-order valence-corrected chi connectivity index (χ0v) is 14.0. The van der Waals surface area contributed by atoms with Crippen molar-refractivity contribution < 1.29 is 0 Å². The Morgan fingerprint density at radius 3 is 2.65 bits per heavy atom. The van der Waals surface area contributed by atoms with Gasteiger partial charge in [0.2, 0.25) is 0 Å². The fraction of sp³-hybridized carbons (Fsp3) is 0.647. The summed E-state index contributed by atoms with van der Waals surface area (Å²) in [5.41, 5.74) is 1.79. The number of rotatable bonds is 5. The van der Waals surface area contributed by atoms with Gasteiger partial charge in [-0.2, -0.15) is 0 Å². The molecule has 1 aromatic rings. The van der Waals surface area contributed by atoms with Crippen LogP contribution in [0.2, 0.25) is 5.02 Å². The minimum absolute atomic E-state index is 0.466. The lowest BCUT2D eigenvalue weighted by atomic mass is 9.77. The topological polar surface area (TPSA) is 12.0 Å². The van der Waals surface area contributed by atoms with Crippen LogP contribution in [0.15, 0.2) is 22.7 Å². The van der Waals surface area contributed by atoms with Crippen molar-refractivity contribution in [3.05, 3.63) is 33.3 Å². The smallest absolute Gasteiger partial charge is 0.0449 e. The summed E-state index contributed by atoms with van der Waals surface area (Å²) >= 11 is 9.94. The molecule has 3 aliphatic rings. The Hall–Kier alpha value is -0.0500. The van der Waals surface area contributed by atoms with Gasteiger partial charge in [-0.3, -0.25) is 0 Å². The molecule has 0 aromatic heterocycles. The van der Waals surface area contributed by atoms with E-state index in [9.17, 15) is 0 Å². The number of hydrogen-bond donors (Lipinski definition) is 1. The number of benzene rings is 1. The van der Waals surface area contributed by atoms with E-state index in [1.54, 1.807) is 0 Å². The van der Waals surface area contributed by atoms with E-state index in [0.717, 1.165) is 33.8 Å². The third-order valence-corrected chi connectivity index (χ3v) is 6.23. The minimum atomic E-state index is 0.466. The number of fused-ring (bicyclic) bond motifs is 1. The molecule has 2 unspecified atom stereocenters. The summed E-state index contributed by atoms with van der Waals surface area (Å²) in [7, 11) is 0. The van der Waals surface area contributed by atoms with Crippen molar-refractivity contribution in [3.8, 4) is 0 Å². The zero-order valence-electron chi connectivity index (χ0n) is 11.7. The molecule has 0 aliphatic heterocycles. The highest BCUT2D eigenvalue weighted by Gasteiger charge is 2.53. The Morgan fingerprint density at radius 2 is 2.00 bits per heavy atom. The Labute approximate surface area is 134 Å². The van der Waals surface area contributed by atoms with Gasteiger partial charge in [0.15, 0.2) is 0 Å². The van der Waals surface area contributed by atoms with Gasteiger partial charge in [-0.15, -0.1) is 0 Å². The van der Waals surface area contributed by atoms with Gasteiger partial charge >= 0.3 is 0 Å². The summed E-state index contributed by atoms with van der Waals surface area (Å²) in [6.07, 6.45) is 8.20. The average molecular weight is 355 g/mol. The summed E-state index contributed by atoms with van der Waals surface area (Å²) < 4.78 is 1.07. The average Bonchev–Trinajstić information content (AvgIpc) is 3.32. The van der Waals surface area contributed by atoms with Crippen LogP contribution >= 0.6 is 27.5 Å². The van der Waals surface area contributed by atoms with Gasteiger partial charge in [-0.05, 0) is 73.5 Å². The molecule has 1 aromatic carbocycles. The molecular formula is C17H21BrClN. The first-order valence-electron chi connectivity index (χ1n) is 7.81. The van der Waals surface area contributed by atoms with Crippen LogP contribution in [0.25, 0.3) is 0 Å². The molecule has 0 heterocycles. The van der Waals surface area contributed by atoms with Crippen molar-refractivity contribution in [2.24, 2.45) is 17.3 Å². The Morgan fingerprint density at radius 1 is 1.25 bits per heavy atom. The van der Waals surface area contributed by atoms with Crippen LogP contribution < -0.4 is 5.32 Å². The molecule has 108 valence electrons. The van der Waals surface area contributed by atoms with Gasteiger partial charge < -0.3 is 5.32 Å². The first-order chi connectivity index (χ1) is 9.63. The molecule has 3 fully saturated rings. The molecule has 2 atom stereocenters. The van der Waals surface area contributed by atoms with Crippen molar-refractivity contribution in [1.82, 2.24) is 5.32 Å². The van der Waals surface area contributed by atoms with E-state index in [-0.39, 0.29) is 0 Å². The normalized spacial score (nSPS) is 35.1. The van der Waals surface area contributed by atoms with E-state index < -0.39 is 0 Å². The highest BCUT2D eigenvalue weighted by molar-refractivity contribution is 9.10. The highest BCUT2D eigenvalue weighted by atomic mass is 79.9. The molecule has 0 spiro atoms. The fourth-order valence-corrected chi connectivity index (χ4v) is 4.81. The van der Waals surface area contributed by atoms with Crippen LogP contribution in [0.1, 0.15) is 37.7 Å². The van der Waals surface area contributed by atoms with E-state index in [1.807, 2.05) is 6.07 Å². The molecule has 4 rings (SSSR count). The second-order valence-electron chi connectivity index (χ2n) is 7.23. The molecule has 0 amide bonds. The maximum absolute atomic E-state index is 6.44. The summed E-state index contributed by atoms with van der Waals surface area (Å²) in [4.78, 5) is 0. The summed E-state index contributed by atoms with van der Waals surface area (Å²) in [5, 5.41) is 4.70. The van der Waals surface area contributed by atoms with Gasteiger partial charge in [0.25, 0.3) is 0 Å². The van der Waals surface area contributed by atoms with Gasteiger partial charge in [0.1, 0.15) is 0 Å². The molecule has 20 heavy (non-hydrogen) atoms. The van der Waals surface area contributed by atoms with E-state index >= 15 is 0 Å². The Bertz CT molecular complexity index is 516. The minimum Gasteiger partial charge on any atom is -0.313 e. The fourth-order valence-electron chi connectivity index (χ4n) is 4.07.